The van der Waals surface area contributed by atoms with Crippen LogP contribution < -0.4 is 14.8 Å². The van der Waals surface area contributed by atoms with Crippen molar-refractivity contribution in [1.29, 1.82) is 0 Å². The zero-order chi connectivity index (χ0) is 21.1. The van der Waals surface area contributed by atoms with Crippen molar-refractivity contribution >= 4 is 21.8 Å². The lowest BCUT2D eigenvalue weighted by Gasteiger charge is -2.18. The molecule has 0 saturated carbocycles. The highest BCUT2D eigenvalue weighted by molar-refractivity contribution is 7.90. The van der Waals surface area contributed by atoms with Crippen LogP contribution >= 0.6 is 0 Å². The van der Waals surface area contributed by atoms with Gasteiger partial charge in [0, 0.05) is 6.26 Å². The molecule has 2 aromatic carbocycles. The molecule has 0 fully saturated rings. The average molecular weight is 429 g/mol. The Hall–Kier alpha value is -3.40. The molecule has 0 radical (unpaired) electrons. The van der Waals surface area contributed by atoms with Gasteiger partial charge >= 0.3 is 6.01 Å². The highest BCUT2D eigenvalue weighted by Gasteiger charge is 2.15. The van der Waals surface area contributed by atoms with Crippen LogP contribution in [0, 0.1) is 0 Å². The van der Waals surface area contributed by atoms with Crippen molar-refractivity contribution in [2.75, 3.05) is 24.8 Å². The molecule has 1 aromatic heterocycles. The van der Waals surface area contributed by atoms with Crippen LogP contribution in [0.4, 0.5) is 6.01 Å². The van der Waals surface area contributed by atoms with Crippen LogP contribution in [0.25, 0.3) is 0 Å². The standard InChI is InChI=1S/C20H19N3O6S/c1-30(25,26)15-5-2-13(3-6-15)11-18(24)21-20-23-22-19(29-20)12-14-4-7-16-17(10-14)28-9-8-27-16/h2-7,10H,8-9,11-12H2,1H3,(H,21,23,24). The van der Waals surface area contributed by atoms with E-state index >= 15 is 0 Å². The normalized spacial score (nSPS) is 13.1. The summed E-state index contributed by atoms with van der Waals surface area (Å²) >= 11 is 0. The Morgan fingerprint density at radius 1 is 1.00 bits per heavy atom. The molecular weight excluding hydrogens is 410 g/mol. The molecule has 0 saturated heterocycles. The third-order valence-electron chi connectivity index (χ3n) is 4.39. The molecule has 156 valence electrons. The molecule has 10 heteroatoms. The lowest BCUT2D eigenvalue weighted by atomic mass is 10.1. The first-order chi connectivity index (χ1) is 14.4. The second-order valence-corrected chi connectivity index (χ2v) is 8.81. The van der Waals surface area contributed by atoms with Crippen molar-refractivity contribution in [2.24, 2.45) is 0 Å². The third-order valence-corrected chi connectivity index (χ3v) is 5.52. The van der Waals surface area contributed by atoms with Crippen molar-refractivity contribution in [2.45, 2.75) is 17.7 Å². The van der Waals surface area contributed by atoms with Gasteiger partial charge in [-0.2, -0.15) is 0 Å². The molecule has 0 atom stereocenters. The molecular formula is C20H19N3O6S. The summed E-state index contributed by atoms with van der Waals surface area (Å²) in [6, 6.07) is 11.7. The first kappa shape index (κ1) is 19.9. The lowest BCUT2D eigenvalue weighted by Crippen LogP contribution is -2.15. The molecule has 3 aromatic rings. The van der Waals surface area contributed by atoms with E-state index in [1.165, 1.54) is 12.1 Å². The van der Waals surface area contributed by atoms with Gasteiger partial charge < -0.3 is 13.9 Å². The zero-order valence-corrected chi connectivity index (χ0v) is 16.9. The number of hydrogen-bond acceptors (Lipinski definition) is 8. The van der Waals surface area contributed by atoms with Crippen LogP contribution in [0.3, 0.4) is 0 Å². The van der Waals surface area contributed by atoms with Crippen LogP contribution in [0.2, 0.25) is 0 Å². The molecule has 0 aliphatic carbocycles. The average Bonchev–Trinajstić information content (AvgIpc) is 3.14. The Labute approximate surface area is 172 Å². The first-order valence-corrected chi connectivity index (χ1v) is 11.1. The van der Waals surface area contributed by atoms with Gasteiger partial charge in [-0.05, 0) is 35.4 Å². The van der Waals surface area contributed by atoms with E-state index in [9.17, 15) is 13.2 Å². The van der Waals surface area contributed by atoms with Crippen molar-refractivity contribution in [1.82, 2.24) is 10.2 Å². The summed E-state index contributed by atoms with van der Waals surface area (Å²) in [5.74, 6) is 1.37. The van der Waals surface area contributed by atoms with E-state index in [1.54, 1.807) is 12.1 Å². The molecule has 1 amide bonds. The molecule has 0 bridgehead atoms. The van der Waals surface area contributed by atoms with Crippen LogP contribution in [-0.4, -0.2) is 44.0 Å². The number of fused-ring (bicyclic) bond motifs is 1. The van der Waals surface area contributed by atoms with E-state index in [-0.39, 0.29) is 23.2 Å². The molecule has 1 N–H and O–H groups in total. The molecule has 30 heavy (non-hydrogen) atoms. The highest BCUT2D eigenvalue weighted by atomic mass is 32.2. The van der Waals surface area contributed by atoms with Gasteiger partial charge in [-0.25, -0.2) is 8.42 Å². The lowest BCUT2D eigenvalue weighted by molar-refractivity contribution is -0.115. The quantitative estimate of drug-likeness (QED) is 0.632. The molecule has 9 nitrogen and oxygen atoms in total. The van der Waals surface area contributed by atoms with E-state index in [0.29, 0.717) is 42.6 Å². The first-order valence-electron chi connectivity index (χ1n) is 9.16. The summed E-state index contributed by atoms with van der Waals surface area (Å²) in [5, 5.41) is 10.3. The van der Waals surface area contributed by atoms with Crippen LogP contribution in [0.5, 0.6) is 11.5 Å². The fourth-order valence-electron chi connectivity index (χ4n) is 2.95. The van der Waals surface area contributed by atoms with Gasteiger partial charge in [-0.1, -0.05) is 23.3 Å². The summed E-state index contributed by atoms with van der Waals surface area (Å²) in [6.07, 6.45) is 1.56. The summed E-state index contributed by atoms with van der Waals surface area (Å²) in [5.41, 5.74) is 1.57. The molecule has 2 heterocycles. The Kier molecular flexibility index (Phi) is 5.40. The Morgan fingerprint density at radius 2 is 1.70 bits per heavy atom. The number of nitrogens with one attached hydrogen (secondary N) is 1. The fourth-order valence-corrected chi connectivity index (χ4v) is 3.58. The highest BCUT2D eigenvalue weighted by Crippen LogP contribution is 2.31. The van der Waals surface area contributed by atoms with E-state index in [1.807, 2.05) is 18.2 Å². The van der Waals surface area contributed by atoms with E-state index < -0.39 is 9.84 Å². The van der Waals surface area contributed by atoms with Crippen molar-refractivity contribution in [3.05, 3.63) is 59.5 Å². The van der Waals surface area contributed by atoms with Crippen molar-refractivity contribution in [3.63, 3.8) is 0 Å². The number of aromatic nitrogens is 2. The van der Waals surface area contributed by atoms with E-state index in [4.69, 9.17) is 13.9 Å². The Morgan fingerprint density at radius 3 is 2.43 bits per heavy atom. The Balaban J connectivity index is 1.35. The molecule has 0 spiro atoms. The predicted octanol–water partition coefficient (Wildman–Crippen LogP) is 2.02. The van der Waals surface area contributed by atoms with Gasteiger partial charge in [-0.3, -0.25) is 10.1 Å². The second kappa shape index (κ2) is 8.15. The minimum absolute atomic E-state index is 0.000277. The summed E-state index contributed by atoms with van der Waals surface area (Å²) in [7, 11) is -3.27. The summed E-state index contributed by atoms with van der Waals surface area (Å²) < 4.78 is 39.5. The maximum Gasteiger partial charge on any atom is 0.322 e. The topological polar surface area (TPSA) is 121 Å². The number of hydrogen-bond donors (Lipinski definition) is 1. The van der Waals surface area contributed by atoms with Gasteiger partial charge in [-0.15, -0.1) is 5.10 Å². The largest absolute Gasteiger partial charge is 0.486 e. The molecule has 0 unspecified atom stereocenters. The number of carbonyl (C=O) groups excluding carboxylic acids is 1. The zero-order valence-electron chi connectivity index (χ0n) is 16.1. The van der Waals surface area contributed by atoms with Gasteiger partial charge in [0.05, 0.1) is 17.7 Å². The van der Waals surface area contributed by atoms with Crippen LogP contribution in [-0.2, 0) is 27.5 Å². The number of rotatable bonds is 6. The number of carbonyl (C=O) groups is 1. The fraction of sp³-hybridized carbons (Fsp3) is 0.250. The monoisotopic (exact) mass is 429 g/mol. The molecule has 1 aliphatic heterocycles. The maximum absolute atomic E-state index is 12.2. The Bertz CT molecular complexity index is 1170. The second-order valence-electron chi connectivity index (χ2n) is 6.80. The van der Waals surface area contributed by atoms with E-state index in [2.05, 4.69) is 15.5 Å². The van der Waals surface area contributed by atoms with Crippen LogP contribution in [0.1, 0.15) is 17.0 Å². The van der Waals surface area contributed by atoms with Gasteiger partial charge in [0.1, 0.15) is 13.2 Å². The van der Waals surface area contributed by atoms with Gasteiger partial charge in [0.2, 0.25) is 11.8 Å². The summed E-state index contributed by atoms with van der Waals surface area (Å²) in [4.78, 5) is 12.4. The third kappa shape index (κ3) is 4.77. The smallest absolute Gasteiger partial charge is 0.322 e. The maximum atomic E-state index is 12.2. The van der Waals surface area contributed by atoms with E-state index in [0.717, 1.165) is 11.8 Å². The number of nitrogens with zero attached hydrogens (tertiary/aromatic N) is 2. The van der Waals surface area contributed by atoms with Crippen molar-refractivity contribution in [3.8, 4) is 11.5 Å². The van der Waals surface area contributed by atoms with Crippen molar-refractivity contribution < 1.29 is 27.1 Å². The minimum Gasteiger partial charge on any atom is -0.486 e. The predicted molar refractivity (Wildman–Crippen MR) is 106 cm³/mol. The number of anilines is 1. The number of benzene rings is 2. The molecule has 4 rings (SSSR count). The SMILES string of the molecule is CS(=O)(=O)c1ccc(CC(=O)Nc2nnc(Cc3ccc4c(c3)OCCO4)o2)cc1. The van der Waals surface area contributed by atoms with Gasteiger partial charge in [0.15, 0.2) is 21.3 Å². The number of sulfone groups is 1. The molecule has 1 aliphatic rings. The number of amides is 1. The number of ether oxygens (including phenoxy) is 2. The van der Waals surface area contributed by atoms with Gasteiger partial charge in [0.25, 0.3) is 0 Å². The van der Waals surface area contributed by atoms with Crippen LogP contribution in [0.15, 0.2) is 51.8 Å². The summed E-state index contributed by atoms with van der Waals surface area (Å²) in [6.45, 7) is 1.03. The minimum atomic E-state index is -3.27.